The lowest BCUT2D eigenvalue weighted by molar-refractivity contribution is -0.137. The smallest absolute Gasteiger partial charge is 0.416 e. The number of nitrogens with zero attached hydrogens (tertiary/aromatic N) is 1. The molecule has 0 aromatic heterocycles. The molecule has 196 valence electrons. The van der Waals surface area contributed by atoms with Crippen molar-refractivity contribution >= 4 is 21.5 Å². The van der Waals surface area contributed by atoms with Crippen LogP contribution >= 0.6 is 0 Å². The fourth-order valence-corrected chi connectivity index (χ4v) is 6.63. The Morgan fingerprint density at radius 1 is 1.11 bits per heavy atom. The molecule has 36 heavy (non-hydrogen) atoms. The predicted molar refractivity (Wildman–Crippen MR) is 129 cm³/mol. The molecule has 10 heteroatoms. The maximum atomic E-state index is 13.8. The molecule has 2 heterocycles. The Morgan fingerprint density at radius 2 is 1.83 bits per heavy atom. The maximum absolute atomic E-state index is 13.8. The van der Waals surface area contributed by atoms with Crippen LogP contribution in [-0.4, -0.2) is 40.1 Å². The summed E-state index contributed by atoms with van der Waals surface area (Å²) in [6.07, 6.45) is -1.57. The minimum absolute atomic E-state index is 0.0997. The molecule has 1 saturated heterocycles. The molecule has 2 aliphatic rings. The molecule has 0 N–H and O–H groups in total. The average Bonchev–Trinajstić information content (AvgIpc) is 2.86. The fourth-order valence-electron chi connectivity index (χ4n) is 4.81. The van der Waals surface area contributed by atoms with Gasteiger partial charge in [0.1, 0.15) is 5.75 Å². The predicted octanol–water partition coefficient (Wildman–Crippen LogP) is 5.63. The quantitative estimate of drug-likeness (QED) is 0.438. The summed E-state index contributed by atoms with van der Waals surface area (Å²) in [7, 11) is -4.17. The second kappa shape index (κ2) is 10.4. The lowest BCUT2D eigenvalue weighted by Crippen LogP contribution is -2.43. The number of hydrogen-bond donors (Lipinski definition) is 0. The van der Waals surface area contributed by atoms with Gasteiger partial charge in [-0.2, -0.15) is 13.2 Å². The first-order valence-corrected chi connectivity index (χ1v) is 13.6. The number of Topliss-reactive ketones (excluding diaryl/α,β-unsaturated/α-hetero) is 1. The summed E-state index contributed by atoms with van der Waals surface area (Å²) in [5.74, 6) is 0.266. The van der Waals surface area contributed by atoms with Gasteiger partial charge in [-0.05, 0) is 86.9 Å². The zero-order valence-electron chi connectivity index (χ0n) is 20.3. The van der Waals surface area contributed by atoms with E-state index in [9.17, 15) is 26.4 Å². The van der Waals surface area contributed by atoms with E-state index in [1.54, 1.807) is 0 Å². The molecule has 2 aromatic carbocycles. The molecule has 1 atom stereocenters. The maximum Gasteiger partial charge on any atom is 0.416 e. The standard InChI is InChI=1S/C26H30F3NO5S/c1-3-21-6-4-19-14-20(26(27,28)29)5-8-24(19)30(21)36(32,33)22-7-9-25(23(15-22)17(2)31)35-16-18-10-12-34-13-11-18/h5,7-9,14-15,18,21H,3-4,6,10-13,16H2,1-2H3/t21-/m0/s1. The molecule has 0 aliphatic carbocycles. The Kier molecular flexibility index (Phi) is 7.66. The number of fused-ring (bicyclic) bond motifs is 1. The summed E-state index contributed by atoms with van der Waals surface area (Å²) < 4.78 is 79.9. The molecule has 4 rings (SSSR count). The number of benzene rings is 2. The Morgan fingerprint density at radius 3 is 2.47 bits per heavy atom. The van der Waals surface area contributed by atoms with Gasteiger partial charge in [0, 0.05) is 19.3 Å². The number of carbonyl (C=O) groups excluding carboxylic acids is 1. The van der Waals surface area contributed by atoms with Gasteiger partial charge in [-0.1, -0.05) is 6.92 Å². The highest BCUT2D eigenvalue weighted by atomic mass is 32.2. The molecular weight excluding hydrogens is 495 g/mol. The summed E-state index contributed by atoms with van der Waals surface area (Å²) in [5.41, 5.74) is -0.0779. The molecule has 0 unspecified atom stereocenters. The van der Waals surface area contributed by atoms with Crippen LogP contribution in [0.2, 0.25) is 0 Å². The van der Waals surface area contributed by atoms with Gasteiger partial charge >= 0.3 is 6.18 Å². The van der Waals surface area contributed by atoms with Gasteiger partial charge in [0.2, 0.25) is 0 Å². The van der Waals surface area contributed by atoms with Crippen LogP contribution in [0.1, 0.15) is 61.0 Å². The van der Waals surface area contributed by atoms with E-state index in [-0.39, 0.29) is 21.9 Å². The van der Waals surface area contributed by atoms with Gasteiger partial charge in [0.15, 0.2) is 5.78 Å². The van der Waals surface area contributed by atoms with Crippen LogP contribution in [0.15, 0.2) is 41.3 Å². The van der Waals surface area contributed by atoms with Crippen molar-refractivity contribution in [3.8, 4) is 5.75 Å². The SMILES string of the molecule is CC[C@H]1CCc2cc(C(F)(F)F)ccc2N1S(=O)(=O)c1ccc(OCC2CCOCC2)c(C(C)=O)c1. The first-order valence-electron chi connectivity index (χ1n) is 12.1. The zero-order chi connectivity index (χ0) is 26.1. The average molecular weight is 526 g/mol. The third-order valence-corrected chi connectivity index (χ3v) is 8.76. The number of anilines is 1. The first kappa shape index (κ1) is 26.5. The molecule has 0 bridgehead atoms. The zero-order valence-corrected chi connectivity index (χ0v) is 21.1. The molecule has 2 aromatic rings. The molecular formula is C26H30F3NO5S. The number of rotatable bonds is 7. The van der Waals surface area contributed by atoms with Crippen LogP contribution in [-0.2, 0) is 27.4 Å². The van der Waals surface area contributed by atoms with Gasteiger partial charge < -0.3 is 9.47 Å². The third kappa shape index (κ3) is 5.39. The number of halogens is 3. The van der Waals surface area contributed by atoms with Gasteiger partial charge in [0.25, 0.3) is 10.0 Å². The molecule has 0 saturated carbocycles. The molecule has 1 fully saturated rings. The number of ketones is 1. The van der Waals surface area contributed by atoms with Crippen LogP contribution < -0.4 is 9.04 Å². The Balaban J connectivity index is 1.68. The Labute approximate surface area is 209 Å². The highest BCUT2D eigenvalue weighted by Gasteiger charge is 2.38. The normalized spacial score (nSPS) is 19.1. The van der Waals surface area contributed by atoms with Crippen LogP contribution in [0.25, 0.3) is 0 Å². The van der Waals surface area contributed by atoms with Crippen LogP contribution in [0, 0.1) is 5.92 Å². The number of alkyl halides is 3. The molecule has 2 aliphatic heterocycles. The van der Waals surface area contributed by atoms with E-state index >= 15 is 0 Å². The van der Waals surface area contributed by atoms with E-state index in [0.717, 1.165) is 25.0 Å². The molecule has 0 spiro atoms. The van der Waals surface area contributed by atoms with Gasteiger partial charge in [0.05, 0.1) is 28.3 Å². The molecule has 0 radical (unpaired) electrons. The van der Waals surface area contributed by atoms with Crippen molar-refractivity contribution in [2.45, 2.75) is 63.1 Å². The minimum atomic E-state index is -4.52. The summed E-state index contributed by atoms with van der Waals surface area (Å²) in [5, 5.41) is 0. The van der Waals surface area contributed by atoms with Crippen molar-refractivity contribution in [3.63, 3.8) is 0 Å². The third-order valence-electron chi connectivity index (χ3n) is 6.90. The van der Waals surface area contributed by atoms with Gasteiger partial charge in [-0.15, -0.1) is 0 Å². The monoisotopic (exact) mass is 525 g/mol. The number of carbonyl (C=O) groups is 1. The Hall–Kier alpha value is -2.59. The van der Waals surface area contributed by atoms with E-state index < -0.39 is 27.8 Å². The van der Waals surface area contributed by atoms with Crippen molar-refractivity contribution in [3.05, 3.63) is 53.1 Å². The summed E-state index contributed by atoms with van der Waals surface area (Å²) in [6, 6.07) is 6.94. The van der Waals surface area contributed by atoms with E-state index in [0.29, 0.717) is 56.3 Å². The second-order valence-electron chi connectivity index (χ2n) is 9.32. The van der Waals surface area contributed by atoms with Crippen molar-refractivity contribution in [2.24, 2.45) is 5.92 Å². The van der Waals surface area contributed by atoms with Crippen LogP contribution in [0.4, 0.5) is 18.9 Å². The number of ether oxygens (including phenoxy) is 2. The summed E-state index contributed by atoms with van der Waals surface area (Å²) in [6.45, 7) is 4.90. The van der Waals surface area contributed by atoms with Crippen LogP contribution in [0.5, 0.6) is 5.75 Å². The van der Waals surface area contributed by atoms with Gasteiger partial charge in [-0.3, -0.25) is 9.10 Å². The van der Waals surface area contributed by atoms with Crippen molar-refractivity contribution < 1.29 is 35.9 Å². The van der Waals surface area contributed by atoms with E-state index in [2.05, 4.69) is 0 Å². The molecule has 0 amide bonds. The van der Waals surface area contributed by atoms with Crippen molar-refractivity contribution in [1.82, 2.24) is 0 Å². The van der Waals surface area contributed by atoms with E-state index in [1.165, 1.54) is 35.5 Å². The molecule has 6 nitrogen and oxygen atoms in total. The van der Waals surface area contributed by atoms with E-state index in [4.69, 9.17) is 9.47 Å². The van der Waals surface area contributed by atoms with E-state index in [1.807, 2.05) is 6.92 Å². The largest absolute Gasteiger partial charge is 0.493 e. The first-order chi connectivity index (χ1) is 17.0. The number of aryl methyl sites for hydroxylation is 1. The topological polar surface area (TPSA) is 72.9 Å². The lowest BCUT2D eigenvalue weighted by atomic mass is 9.95. The van der Waals surface area contributed by atoms with Crippen molar-refractivity contribution in [2.75, 3.05) is 24.1 Å². The summed E-state index contributed by atoms with van der Waals surface area (Å²) in [4.78, 5) is 12.3. The Bertz CT molecular complexity index is 1220. The number of sulfonamides is 1. The van der Waals surface area contributed by atoms with Crippen LogP contribution in [0.3, 0.4) is 0 Å². The minimum Gasteiger partial charge on any atom is -0.493 e. The van der Waals surface area contributed by atoms with Crippen molar-refractivity contribution in [1.29, 1.82) is 0 Å². The highest BCUT2D eigenvalue weighted by Crippen LogP contribution is 2.40. The lowest BCUT2D eigenvalue weighted by Gasteiger charge is -2.38. The van der Waals surface area contributed by atoms with Gasteiger partial charge in [-0.25, -0.2) is 8.42 Å². The fraction of sp³-hybridized carbons (Fsp3) is 0.500. The second-order valence-corrected chi connectivity index (χ2v) is 11.1. The summed E-state index contributed by atoms with van der Waals surface area (Å²) >= 11 is 0. The highest BCUT2D eigenvalue weighted by molar-refractivity contribution is 7.92. The number of hydrogen-bond acceptors (Lipinski definition) is 5.